The Morgan fingerprint density at radius 3 is 2.85 bits per heavy atom. The van der Waals surface area contributed by atoms with Crippen LogP contribution in [-0.4, -0.2) is 39.1 Å². The van der Waals surface area contributed by atoms with E-state index in [2.05, 4.69) is 17.3 Å². The van der Waals surface area contributed by atoms with Crippen molar-refractivity contribution in [3.8, 4) is 0 Å². The molecule has 4 rings (SSSR count). The van der Waals surface area contributed by atoms with Crippen LogP contribution >= 0.6 is 0 Å². The van der Waals surface area contributed by atoms with Crippen molar-refractivity contribution in [2.75, 3.05) is 11.9 Å². The van der Waals surface area contributed by atoms with Crippen LogP contribution in [0.3, 0.4) is 0 Å². The number of nitrogens with zero attached hydrogens (tertiary/aromatic N) is 3. The third-order valence-electron chi connectivity index (χ3n) is 6.04. The van der Waals surface area contributed by atoms with Crippen LogP contribution < -0.4 is 5.32 Å². The van der Waals surface area contributed by atoms with Gasteiger partial charge in [-0.15, -0.1) is 0 Å². The normalized spacial score (nSPS) is 24.2. The van der Waals surface area contributed by atoms with Gasteiger partial charge in [0.15, 0.2) is 0 Å². The minimum atomic E-state index is -0.640. The summed E-state index contributed by atoms with van der Waals surface area (Å²) in [5, 5.41) is 7.25. The van der Waals surface area contributed by atoms with Gasteiger partial charge in [-0.2, -0.15) is 5.10 Å². The molecule has 2 amide bonds. The highest BCUT2D eigenvalue weighted by atomic mass is 16.2. The van der Waals surface area contributed by atoms with E-state index in [0.29, 0.717) is 18.5 Å². The largest absolute Gasteiger partial charge is 0.334 e. The first-order valence-corrected chi connectivity index (χ1v) is 9.21. The zero-order valence-corrected chi connectivity index (χ0v) is 15.5. The predicted octanol–water partition coefficient (Wildman–Crippen LogP) is 2.63. The maximum Gasteiger partial charge on any atom is 0.257 e. The number of aromatic nitrogens is 2. The lowest BCUT2D eigenvalue weighted by Gasteiger charge is -2.34. The number of hydrogen-bond donors (Lipinski definition) is 1. The summed E-state index contributed by atoms with van der Waals surface area (Å²) < 4.78 is 1.71. The Hall–Kier alpha value is -2.63. The van der Waals surface area contributed by atoms with E-state index in [1.54, 1.807) is 10.9 Å². The van der Waals surface area contributed by atoms with Crippen LogP contribution in [0.5, 0.6) is 0 Å². The number of fused-ring (bicyclic) bond motifs is 2. The van der Waals surface area contributed by atoms with Crippen LogP contribution in [0, 0.1) is 6.92 Å². The van der Waals surface area contributed by atoms with E-state index >= 15 is 0 Å². The first-order valence-electron chi connectivity index (χ1n) is 9.21. The van der Waals surface area contributed by atoms with Crippen molar-refractivity contribution in [3.05, 3.63) is 47.3 Å². The Balaban J connectivity index is 1.77. The van der Waals surface area contributed by atoms with Crippen molar-refractivity contribution in [2.24, 2.45) is 7.05 Å². The van der Waals surface area contributed by atoms with E-state index in [1.165, 1.54) is 0 Å². The predicted molar refractivity (Wildman–Crippen MR) is 99.0 cm³/mol. The van der Waals surface area contributed by atoms with Crippen molar-refractivity contribution in [1.82, 2.24) is 14.7 Å². The van der Waals surface area contributed by atoms with Gasteiger partial charge >= 0.3 is 0 Å². The van der Waals surface area contributed by atoms with Crippen molar-refractivity contribution < 1.29 is 9.59 Å². The molecule has 26 heavy (non-hydrogen) atoms. The molecule has 2 atom stereocenters. The molecule has 2 aromatic rings. The first-order chi connectivity index (χ1) is 12.5. The number of amides is 2. The molecule has 2 aliphatic rings. The molecule has 0 unspecified atom stereocenters. The summed E-state index contributed by atoms with van der Waals surface area (Å²) in [6, 6.07) is 7.74. The smallest absolute Gasteiger partial charge is 0.257 e. The number of anilines is 1. The average molecular weight is 352 g/mol. The first kappa shape index (κ1) is 16.8. The summed E-state index contributed by atoms with van der Waals surface area (Å²) in [7, 11) is 1.84. The van der Waals surface area contributed by atoms with E-state index < -0.39 is 5.41 Å². The number of hydrogen-bond acceptors (Lipinski definition) is 3. The number of para-hydroxylation sites is 1. The maximum atomic E-state index is 13.3. The van der Waals surface area contributed by atoms with E-state index in [4.69, 9.17) is 0 Å². The van der Waals surface area contributed by atoms with Gasteiger partial charge in [0, 0.05) is 25.0 Å². The van der Waals surface area contributed by atoms with Gasteiger partial charge < -0.3 is 10.2 Å². The molecule has 0 bridgehead atoms. The highest BCUT2D eigenvalue weighted by Crippen LogP contribution is 2.49. The number of carbonyl (C=O) groups is 2. The van der Waals surface area contributed by atoms with Crippen molar-refractivity contribution in [2.45, 2.75) is 44.6 Å². The fraction of sp³-hybridized carbons (Fsp3) is 0.450. The molecular weight excluding hydrogens is 328 g/mol. The molecule has 1 spiro atoms. The third kappa shape index (κ3) is 2.14. The Kier molecular flexibility index (Phi) is 3.86. The second-order valence-corrected chi connectivity index (χ2v) is 7.29. The highest BCUT2D eigenvalue weighted by molar-refractivity contribution is 6.08. The summed E-state index contributed by atoms with van der Waals surface area (Å²) >= 11 is 0. The average Bonchev–Trinajstić information content (AvgIpc) is 3.26. The minimum Gasteiger partial charge on any atom is -0.334 e. The summed E-state index contributed by atoms with van der Waals surface area (Å²) in [6.07, 6.45) is 4.00. The second kappa shape index (κ2) is 5.97. The summed E-state index contributed by atoms with van der Waals surface area (Å²) in [6.45, 7) is 4.58. The molecule has 1 aromatic heterocycles. The molecule has 6 heteroatoms. The lowest BCUT2D eigenvalue weighted by molar-refractivity contribution is -0.121. The quantitative estimate of drug-likeness (QED) is 0.923. The van der Waals surface area contributed by atoms with E-state index in [0.717, 1.165) is 29.8 Å². The van der Waals surface area contributed by atoms with Gasteiger partial charge in [-0.3, -0.25) is 14.3 Å². The Labute approximate surface area is 153 Å². The number of benzene rings is 1. The molecule has 3 heterocycles. The Morgan fingerprint density at radius 1 is 1.38 bits per heavy atom. The lowest BCUT2D eigenvalue weighted by Crippen LogP contribution is -2.48. The Morgan fingerprint density at radius 2 is 2.15 bits per heavy atom. The summed E-state index contributed by atoms with van der Waals surface area (Å²) in [5.74, 6) is -0.00142. The van der Waals surface area contributed by atoms with Crippen LogP contribution in [0.2, 0.25) is 0 Å². The summed E-state index contributed by atoms with van der Waals surface area (Å²) in [4.78, 5) is 28.2. The zero-order chi connectivity index (χ0) is 18.5. The van der Waals surface area contributed by atoms with Gasteiger partial charge in [-0.25, -0.2) is 0 Å². The third-order valence-corrected chi connectivity index (χ3v) is 6.04. The van der Waals surface area contributed by atoms with Crippen molar-refractivity contribution in [1.29, 1.82) is 0 Å². The Bertz CT molecular complexity index is 888. The monoisotopic (exact) mass is 352 g/mol. The van der Waals surface area contributed by atoms with E-state index in [9.17, 15) is 9.59 Å². The molecule has 6 nitrogen and oxygen atoms in total. The highest BCUT2D eigenvalue weighted by Gasteiger charge is 2.58. The van der Waals surface area contributed by atoms with E-state index in [1.807, 2.05) is 43.1 Å². The van der Waals surface area contributed by atoms with Gasteiger partial charge in [-0.05, 0) is 31.4 Å². The maximum absolute atomic E-state index is 13.3. The van der Waals surface area contributed by atoms with E-state index in [-0.39, 0.29) is 17.9 Å². The van der Waals surface area contributed by atoms with Crippen LogP contribution in [0.4, 0.5) is 5.69 Å². The number of likely N-dealkylation sites (tertiary alicyclic amines) is 1. The van der Waals surface area contributed by atoms with Crippen LogP contribution in [-0.2, 0) is 17.3 Å². The number of aryl methyl sites for hydroxylation is 1. The number of rotatable bonds is 3. The lowest BCUT2D eigenvalue weighted by atomic mass is 9.73. The van der Waals surface area contributed by atoms with Gasteiger partial charge in [0.05, 0.1) is 23.2 Å². The number of nitrogens with one attached hydrogen (secondary N) is 1. The molecule has 2 aliphatic heterocycles. The fourth-order valence-corrected chi connectivity index (χ4v) is 4.58. The van der Waals surface area contributed by atoms with Crippen molar-refractivity contribution >= 4 is 17.5 Å². The molecule has 1 aromatic carbocycles. The minimum absolute atomic E-state index is 0.0235. The molecule has 1 N–H and O–H groups in total. The molecule has 0 radical (unpaired) electrons. The molecule has 0 aliphatic carbocycles. The SMILES string of the molecule is CCC[C@@H]1N(C(=O)c2cnn(C)c2C)CC[C@@]12C(=O)Nc1ccccc12. The van der Waals surface area contributed by atoms with Gasteiger partial charge in [0.1, 0.15) is 0 Å². The molecule has 1 fully saturated rings. The molecule has 136 valence electrons. The topological polar surface area (TPSA) is 67.2 Å². The van der Waals surface area contributed by atoms with Crippen LogP contribution in [0.25, 0.3) is 0 Å². The molecular formula is C20H24N4O2. The fourth-order valence-electron chi connectivity index (χ4n) is 4.58. The van der Waals surface area contributed by atoms with Crippen molar-refractivity contribution in [3.63, 3.8) is 0 Å². The van der Waals surface area contributed by atoms with Crippen LogP contribution in [0.15, 0.2) is 30.5 Å². The molecule has 0 saturated carbocycles. The van der Waals surface area contributed by atoms with Gasteiger partial charge in [0.2, 0.25) is 5.91 Å². The van der Waals surface area contributed by atoms with Crippen LogP contribution in [0.1, 0.15) is 47.8 Å². The second-order valence-electron chi connectivity index (χ2n) is 7.29. The van der Waals surface area contributed by atoms with Gasteiger partial charge in [0.25, 0.3) is 5.91 Å². The van der Waals surface area contributed by atoms with Gasteiger partial charge in [-0.1, -0.05) is 31.5 Å². The molecule has 1 saturated heterocycles. The summed E-state index contributed by atoms with van der Waals surface area (Å²) in [5.41, 5.74) is 2.74. The zero-order valence-electron chi connectivity index (χ0n) is 15.5. The standard InChI is InChI=1S/C20H24N4O2/c1-4-7-17-20(15-8-5-6-9-16(15)22-19(20)26)10-11-24(17)18(25)14-12-21-23(3)13(14)2/h5-6,8-9,12,17H,4,7,10-11H2,1-3H3,(H,22,26)/t17-,20-/m0/s1. The number of carbonyl (C=O) groups excluding carboxylic acids is 2.